The Bertz CT molecular complexity index is 330. The molecule has 0 aliphatic heterocycles. The summed E-state index contributed by atoms with van der Waals surface area (Å²) in [5.41, 5.74) is -0.704. The first-order valence-corrected chi connectivity index (χ1v) is 7.62. The van der Waals surface area contributed by atoms with Gasteiger partial charge in [-0.25, -0.2) is 0 Å². The van der Waals surface area contributed by atoms with Crippen molar-refractivity contribution < 1.29 is 14.7 Å². The summed E-state index contributed by atoms with van der Waals surface area (Å²) < 4.78 is 0. The van der Waals surface area contributed by atoms with Crippen LogP contribution in [0.5, 0.6) is 0 Å². The molecule has 2 aliphatic carbocycles. The second kappa shape index (κ2) is 6.40. The molecule has 4 heteroatoms. The highest BCUT2D eigenvalue weighted by Crippen LogP contribution is 2.36. The van der Waals surface area contributed by atoms with Gasteiger partial charge in [-0.3, -0.25) is 9.59 Å². The summed E-state index contributed by atoms with van der Waals surface area (Å²) in [4.78, 5) is 23.3. The highest BCUT2D eigenvalue weighted by molar-refractivity contribution is 5.79. The second-order valence-corrected chi connectivity index (χ2v) is 6.26. The fraction of sp³-hybridized carbons (Fsp3) is 0.867. The average Bonchev–Trinajstić information content (AvgIpc) is 2.35. The molecule has 0 heterocycles. The molecule has 0 aromatic rings. The molecule has 0 aromatic carbocycles. The number of carbonyl (C=O) groups excluding carboxylic acids is 1. The van der Waals surface area contributed by atoms with Gasteiger partial charge in [-0.1, -0.05) is 38.5 Å². The number of hydrogen-bond acceptors (Lipinski definition) is 2. The van der Waals surface area contributed by atoms with Gasteiger partial charge in [-0.15, -0.1) is 0 Å². The molecule has 2 saturated carbocycles. The van der Waals surface area contributed by atoms with Crippen molar-refractivity contribution in [2.45, 2.75) is 64.2 Å². The van der Waals surface area contributed by atoms with Crippen LogP contribution in [-0.2, 0) is 9.59 Å². The van der Waals surface area contributed by atoms with Crippen LogP contribution in [0.15, 0.2) is 0 Å². The maximum atomic E-state index is 11.8. The van der Waals surface area contributed by atoms with Gasteiger partial charge in [0.05, 0.1) is 5.41 Å². The number of carboxylic acid groups (broad SMARTS) is 1. The number of amides is 1. The topological polar surface area (TPSA) is 66.4 Å². The maximum Gasteiger partial charge on any atom is 0.311 e. The first-order chi connectivity index (χ1) is 9.12. The zero-order valence-electron chi connectivity index (χ0n) is 11.6. The normalized spacial score (nSPS) is 22.5. The highest BCUT2D eigenvalue weighted by Gasteiger charge is 2.39. The van der Waals surface area contributed by atoms with Gasteiger partial charge in [0.25, 0.3) is 0 Å². The monoisotopic (exact) mass is 267 g/mol. The first-order valence-electron chi connectivity index (χ1n) is 7.62. The summed E-state index contributed by atoms with van der Waals surface area (Å²) in [5.74, 6) is 0.0125. The van der Waals surface area contributed by atoms with E-state index in [0.29, 0.717) is 25.8 Å². The molecule has 1 amide bonds. The van der Waals surface area contributed by atoms with E-state index < -0.39 is 11.4 Å². The summed E-state index contributed by atoms with van der Waals surface area (Å²) in [5, 5.41) is 12.3. The third-order valence-electron chi connectivity index (χ3n) is 4.89. The van der Waals surface area contributed by atoms with Gasteiger partial charge in [0.15, 0.2) is 0 Å². The van der Waals surface area contributed by atoms with Crippen molar-refractivity contribution in [2.24, 2.45) is 11.3 Å². The van der Waals surface area contributed by atoms with Crippen LogP contribution in [-0.4, -0.2) is 23.5 Å². The van der Waals surface area contributed by atoms with Gasteiger partial charge in [-0.05, 0) is 25.2 Å². The quantitative estimate of drug-likeness (QED) is 0.777. The lowest BCUT2D eigenvalue weighted by molar-refractivity contribution is -0.151. The molecule has 0 bridgehead atoms. The van der Waals surface area contributed by atoms with Crippen molar-refractivity contribution in [1.82, 2.24) is 5.32 Å². The third kappa shape index (κ3) is 3.71. The Morgan fingerprint density at radius 3 is 2.32 bits per heavy atom. The molecule has 2 rings (SSSR count). The second-order valence-electron chi connectivity index (χ2n) is 6.26. The highest BCUT2D eigenvalue weighted by atomic mass is 16.4. The minimum absolute atomic E-state index is 0.0260. The number of hydrogen-bond donors (Lipinski definition) is 2. The molecule has 2 N–H and O–H groups in total. The average molecular weight is 267 g/mol. The summed E-state index contributed by atoms with van der Waals surface area (Å²) in [6.07, 6.45) is 9.77. The number of rotatable bonds is 6. The molecule has 0 saturated heterocycles. The summed E-state index contributed by atoms with van der Waals surface area (Å²) in [7, 11) is 0. The number of carboxylic acids is 1. The predicted molar refractivity (Wildman–Crippen MR) is 72.7 cm³/mol. The number of nitrogens with one attached hydrogen (secondary N) is 1. The van der Waals surface area contributed by atoms with Crippen molar-refractivity contribution in [1.29, 1.82) is 0 Å². The molecule has 19 heavy (non-hydrogen) atoms. The van der Waals surface area contributed by atoms with E-state index in [-0.39, 0.29) is 5.91 Å². The smallest absolute Gasteiger partial charge is 0.311 e. The van der Waals surface area contributed by atoms with E-state index in [1.807, 2.05) is 0 Å². The molecule has 4 nitrogen and oxygen atoms in total. The number of carbonyl (C=O) groups is 2. The van der Waals surface area contributed by atoms with E-state index in [1.165, 1.54) is 19.3 Å². The third-order valence-corrected chi connectivity index (χ3v) is 4.89. The minimum atomic E-state index is -0.744. The van der Waals surface area contributed by atoms with Crippen molar-refractivity contribution in [3.63, 3.8) is 0 Å². The minimum Gasteiger partial charge on any atom is -0.481 e. The van der Waals surface area contributed by atoms with Crippen LogP contribution >= 0.6 is 0 Å². The zero-order valence-corrected chi connectivity index (χ0v) is 11.6. The lowest BCUT2D eigenvalue weighted by Gasteiger charge is -2.33. The van der Waals surface area contributed by atoms with Crippen LogP contribution in [0, 0.1) is 11.3 Å². The van der Waals surface area contributed by atoms with E-state index in [9.17, 15) is 14.7 Å². The Morgan fingerprint density at radius 2 is 1.79 bits per heavy atom. The van der Waals surface area contributed by atoms with Crippen LogP contribution in [0.1, 0.15) is 64.2 Å². The lowest BCUT2D eigenvalue weighted by Crippen LogP contribution is -2.44. The van der Waals surface area contributed by atoms with E-state index in [4.69, 9.17) is 0 Å². The zero-order chi connectivity index (χ0) is 13.7. The van der Waals surface area contributed by atoms with Gasteiger partial charge in [0.2, 0.25) is 5.91 Å². The molecule has 0 atom stereocenters. The van der Waals surface area contributed by atoms with Crippen LogP contribution in [0.25, 0.3) is 0 Å². The molecule has 108 valence electrons. The van der Waals surface area contributed by atoms with Crippen molar-refractivity contribution in [3.05, 3.63) is 0 Å². The first kappa shape index (κ1) is 14.4. The molecular formula is C15H25NO3. The van der Waals surface area contributed by atoms with E-state index in [1.54, 1.807) is 0 Å². The Kier molecular flexibility index (Phi) is 4.83. The molecule has 0 aromatic heterocycles. The van der Waals surface area contributed by atoms with E-state index in [2.05, 4.69) is 5.32 Å². The molecule has 0 radical (unpaired) electrons. The van der Waals surface area contributed by atoms with Gasteiger partial charge >= 0.3 is 5.97 Å². The fourth-order valence-electron chi connectivity index (χ4n) is 3.17. The lowest BCUT2D eigenvalue weighted by atomic mass is 9.74. The largest absolute Gasteiger partial charge is 0.481 e. The van der Waals surface area contributed by atoms with Gasteiger partial charge < -0.3 is 10.4 Å². The van der Waals surface area contributed by atoms with E-state index in [0.717, 1.165) is 31.6 Å². The summed E-state index contributed by atoms with van der Waals surface area (Å²) in [6.45, 7) is 0.311. The van der Waals surface area contributed by atoms with Crippen LogP contribution in [0.3, 0.4) is 0 Å². The Balaban J connectivity index is 1.74. The van der Waals surface area contributed by atoms with Crippen molar-refractivity contribution in [2.75, 3.05) is 6.54 Å². The van der Waals surface area contributed by atoms with E-state index >= 15 is 0 Å². The van der Waals surface area contributed by atoms with Crippen LogP contribution in [0.2, 0.25) is 0 Å². The Morgan fingerprint density at radius 1 is 1.11 bits per heavy atom. The molecule has 2 aliphatic rings. The SMILES string of the molecule is O=C(CCC1CCC1)NCC1(C(=O)O)CCCCC1. The van der Waals surface area contributed by atoms with Gasteiger partial charge in [0, 0.05) is 13.0 Å². The summed E-state index contributed by atoms with van der Waals surface area (Å²) >= 11 is 0. The molecule has 0 spiro atoms. The van der Waals surface area contributed by atoms with Crippen LogP contribution in [0.4, 0.5) is 0 Å². The van der Waals surface area contributed by atoms with Crippen molar-refractivity contribution in [3.8, 4) is 0 Å². The Hall–Kier alpha value is -1.06. The molecule has 0 unspecified atom stereocenters. The van der Waals surface area contributed by atoms with Crippen molar-refractivity contribution >= 4 is 11.9 Å². The van der Waals surface area contributed by atoms with Gasteiger partial charge in [0.1, 0.15) is 0 Å². The van der Waals surface area contributed by atoms with Crippen LogP contribution < -0.4 is 5.32 Å². The predicted octanol–water partition coefficient (Wildman–Crippen LogP) is 2.72. The molecular weight excluding hydrogens is 242 g/mol. The fourth-order valence-corrected chi connectivity index (χ4v) is 3.17. The van der Waals surface area contributed by atoms with Gasteiger partial charge in [-0.2, -0.15) is 0 Å². The maximum absolute atomic E-state index is 11.8. The Labute approximate surface area is 115 Å². The summed E-state index contributed by atoms with van der Waals surface area (Å²) in [6, 6.07) is 0. The standard InChI is InChI=1S/C15H25NO3/c17-13(8-7-12-5-4-6-12)16-11-15(14(18)19)9-2-1-3-10-15/h12H,1-11H2,(H,16,17)(H,18,19). The number of aliphatic carboxylic acids is 1. The molecule has 2 fully saturated rings.